The van der Waals surface area contributed by atoms with Gasteiger partial charge in [0.25, 0.3) is 0 Å². The van der Waals surface area contributed by atoms with E-state index in [0.29, 0.717) is 6.42 Å². The minimum absolute atomic E-state index is 0.327. The first kappa shape index (κ1) is 11.4. The second kappa shape index (κ2) is 4.82. The Labute approximate surface area is 98.9 Å². The lowest BCUT2D eigenvalue weighted by molar-refractivity contribution is -0.141. The van der Waals surface area contributed by atoms with Crippen molar-refractivity contribution >= 4 is 22.4 Å². The van der Waals surface area contributed by atoms with Crippen molar-refractivity contribution in [2.24, 2.45) is 5.92 Å². The van der Waals surface area contributed by atoms with E-state index in [-0.39, 0.29) is 5.92 Å². The Hall–Kier alpha value is -1.10. The molecule has 0 spiro atoms. The molecule has 0 bridgehead atoms. The molecule has 2 heterocycles. The Morgan fingerprint density at radius 1 is 1.62 bits per heavy atom. The number of nitrogens with zero attached hydrogens (tertiary/aromatic N) is 2. The van der Waals surface area contributed by atoms with Crippen molar-refractivity contribution in [1.29, 1.82) is 0 Å². The molecule has 1 unspecified atom stereocenters. The van der Waals surface area contributed by atoms with Gasteiger partial charge in [0.2, 0.25) is 0 Å². The zero-order valence-electron chi connectivity index (χ0n) is 9.35. The number of rotatable bonds is 4. The summed E-state index contributed by atoms with van der Waals surface area (Å²) >= 11 is 1.63. The second-order valence-electron chi connectivity index (χ2n) is 4.25. The van der Waals surface area contributed by atoms with Gasteiger partial charge in [-0.3, -0.25) is 4.79 Å². The summed E-state index contributed by atoms with van der Waals surface area (Å²) in [5.74, 6) is -1.07. The second-order valence-corrected chi connectivity index (χ2v) is 5.34. The molecule has 0 saturated carbocycles. The summed E-state index contributed by atoms with van der Waals surface area (Å²) in [6, 6.07) is 0. The van der Waals surface area contributed by atoms with Crippen LogP contribution in [-0.4, -0.2) is 29.1 Å². The van der Waals surface area contributed by atoms with Crippen molar-refractivity contribution < 1.29 is 9.90 Å². The van der Waals surface area contributed by atoms with Crippen molar-refractivity contribution in [3.8, 4) is 0 Å². The number of carboxylic acids is 1. The molecule has 88 valence electrons. The average molecular weight is 240 g/mol. The number of thiazole rings is 1. The van der Waals surface area contributed by atoms with E-state index in [1.165, 1.54) is 12.8 Å². The highest BCUT2D eigenvalue weighted by Crippen LogP contribution is 2.27. The van der Waals surface area contributed by atoms with Gasteiger partial charge in [-0.2, -0.15) is 0 Å². The fourth-order valence-electron chi connectivity index (χ4n) is 1.84. The number of hydrogen-bond acceptors (Lipinski definition) is 4. The molecule has 0 radical (unpaired) electrons. The first-order valence-corrected chi connectivity index (χ1v) is 6.41. The summed E-state index contributed by atoms with van der Waals surface area (Å²) in [6.07, 6.45) is 4.87. The van der Waals surface area contributed by atoms with E-state index in [1.54, 1.807) is 18.3 Å². The SMILES string of the molecule is CC(Cc1cnc(N2CCCC2)s1)C(=O)O. The summed E-state index contributed by atoms with van der Waals surface area (Å²) in [5.41, 5.74) is 0. The molecule has 4 nitrogen and oxygen atoms in total. The predicted octanol–water partition coefficient (Wildman–Crippen LogP) is 2.01. The van der Waals surface area contributed by atoms with Crippen LogP contribution in [0.2, 0.25) is 0 Å². The van der Waals surface area contributed by atoms with E-state index in [4.69, 9.17) is 5.11 Å². The van der Waals surface area contributed by atoms with Crippen molar-refractivity contribution in [2.45, 2.75) is 26.2 Å². The number of hydrogen-bond donors (Lipinski definition) is 1. The number of aromatic nitrogens is 1. The lowest BCUT2D eigenvalue weighted by Crippen LogP contribution is -2.16. The smallest absolute Gasteiger partial charge is 0.306 e. The molecule has 2 rings (SSSR count). The molecule has 16 heavy (non-hydrogen) atoms. The van der Waals surface area contributed by atoms with Crippen LogP contribution in [0.1, 0.15) is 24.6 Å². The van der Waals surface area contributed by atoms with Crippen LogP contribution in [0, 0.1) is 5.92 Å². The lowest BCUT2D eigenvalue weighted by atomic mass is 10.1. The Kier molecular flexibility index (Phi) is 3.43. The van der Waals surface area contributed by atoms with Gasteiger partial charge in [0.15, 0.2) is 5.13 Å². The van der Waals surface area contributed by atoms with E-state index in [1.807, 2.05) is 6.20 Å². The van der Waals surface area contributed by atoms with Crippen LogP contribution in [0.3, 0.4) is 0 Å². The number of carbonyl (C=O) groups is 1. The fourth-order valence-corrected chi connectivity index (χ4v) is 2.93. The third-order valence-electron chi connectivity index (χ3n) is 2.85. The first-order chi connectivity index (χ1) is 7.66. The van der Waals surface area contributed by atoms with Gasteiger partial charge in [-0.05, 0) is 19.3 Å². The summed E-state index contributed by atoms with van der Waals surface area (Å²) in [4.78, 5) is 18.4. The summed E-state index contributed by atoms with van der Waals surface area (Å²) in [6.45, 7) is 3.90. The third-order valence-corrected chi connectivity index (χ3v) is 3.93. The molecule has 1 aliphatic heterocycles. The highest BCUT2D eigenvalue weighted by atomic mass is 32.1. The Balaban J connectivity index is 1.99. The normalized spacial score (nSPS) is 17.7. The average Bonchev–Trinajstić information content (AvgIpc) is 2.85. The molecular formula is C11H16N2O2S. The van der Waals surface area contributed by atoms with Crippen molar-refractivity contribution in [2.75, 3.05) is 18.0 Å². The minimum Gasteiger partial charge on any atom is -0.481 e. The van der Waals surface area contributed by atoms with Gasteiger partial charge < -0.3 is 10.0 Å². The molecule has 0 amide bonds. The molecule has 5 heteroatoms. The number of aliphatic carboxylic acids is 1. The lowest BCUT2D eigenvalue weighted by Gasteiger charge is -2.12. The van der Waals surface area contributed by atoms with Crippen LogP contribution >= 0.6 is 11.3 Å². The van der Waals surface area contributed by atoms with Crippen LogP contribution in [0.15, 0.2) is 6.20 Å². The fraction of sp³-hybridized carbons (Fsp3) is 0.636. The van der Waals surface area contributed by atoms with Gasteiger partial charge in [0.05, 0.1) is 5.92 Å². The van der Waals surface area contributed by atoms with Crippen molar-refractivity contribution in [1.82, 2.24) is 4.98 Å². The molecule has 1 aromatic rings. The maximum Gasteiger partial charge on any atom is 0.306 e. The molecule has 1 atom stereocenters. The molecule has 1 aromatic heterocycles. The van der Waals surface area contributed by atoms with Gasteiger partial charge in [-0.15, -0.1) is 11.3 Å². The van der Waals surface area contributed by atoms with E-state index in [0.717, 1.165) is 23.1 Å². The quantitative estimate of drug-likeness (QED) is 0.874. The Morgan fingerprint density at radius 2 is 2.31 bits per heavy atom. The summed E-state index contributed by atoms with van der Waals surface area (Å²) in [7, 11) is 0. The van der Waals surface area contributed by atoms with Crippen LogP contribution in [0.4, 0.5) is 5.13 Å². The Morgan fingerprint density at radius 3 is 2.94 bits per heavy atom. The van der Waals surface area contributed by atoms with Gasteiger partial charge in [-0.25, -0.2) is 4.98 Å². The molecular weight excluding hydrogens is 224 g/mol. The molecule has 1 N–H and O–H groups in total. The van der Waals surface area contributed by atoms with Gasteiger partial charge in [-0.1, -0.05) is 6.92 Å². The summed E-state index contributed by atoms with van der Waals surface area (Å²) in [5, 5.41) is 9.88. The van der Waals surface area contributed by atoms with E-state index in [2.05, 4.69) is 9.88 Å². The summed E-state index contributed by atoms with van der Waals surface area (Å²) < 4.78 is 0. The van der Waals surface area contributed by atoms with E-state index >= 15 is 0 Å². The molecule has 0 aromatic carbocycles. The molecule has 1 saturated heterocycles. The van der Waals surface area contributed by atoms with Crippen LogP contribution in [-0.2, 0) is 11.2 Å². The zero-order valence-corrected chi connectivity index (χ0v) is 10.2. The van der Waals surface area contributed by atoms with Gasteiger partial charge in [0.1, 0.15) is 0 Å². The first-order valence-electron chi connectivity index (χ1n) is 5.59. The largest absolute Gasteiger partial charge is 0.481 e. The van der Waals surface area contributed by atoms with Crippen LogP contribution in [0.25, 0.3) is 0 Å². The topological polar surface area (TPSA) is 53.4 Å². The van der Waals surface area contributed by atoms with Crippen LogP contribution < -0.4 is 4.90 Å². The Bertz CT molecular complexity index is 372. The minimum atomic E-state index is -0.740. The molecule has 1 fully saturated rings. The standard InChI is InChI=1S/C11H16N2O2S/c1-8(10(14)15)6-9-7-12-11(16-9)13-4-2-3-5-13/h7-8H,2-6H2,1H3,(H,14,15). The van der Waals surface area contributed by atoms with Crippen molar-refractivity contribution in [3.05, 3.63) is 11.1 Å². The number of carboxylic acid groups (broad SMARTS) is 1. The molecule has 1 aliphatic rings. The third kappa shape index (κ3) is 2.52. The van der Waals surface area contributed by atoms with E-state index in [9.17, 15) is 4.79 Å². The maximum atomic E-state index is 10.7. The zero-order chi connectivity index (χ0) is 11.5. The highest BCUT2D eigenvalue weighted by Gasteiger charge is 2.18. The predicted molar refractivity (Wildman–Crippen MR) is 64.1 cm³/mol. The number of anilines is 1. The molecule has 0 aliphatic carbocycles. The van der Waals surface area contributed by atoms with Gasteiger partial charge >= 0.3 is 5.97 Å². The monoisotopic (exact) mass is 240 g/mol. The van der Waals surface area contributed by atoms with Crippen molar-refractivity contribution in [3.63, 3.8) is 0 Å². The van der Waals surface area contributed by atoms with Gasteiger partial charge in [0, 0.05) is 24.2 Å². The van der Waals surface area contributed by atoms with Crippen LogP contribution in [0.5, 0.6) is 0 Å². The van der Waals surface area contributed by atoms with E-state index < -0.39 is 5.97 Å². The maximum absolute atomic E-state index is 10.7. The highest BCUT2D eigenvalue weighted by molar-refractivity contribution is 7.15.